The zero-order valence-electron chi connectivity index (χ0n) is 11.1. The van der Waals surface area contributed by atoms with Crippen LogP contribution in [0.5, 0.6) is 0 Å². The summed E-state index contributed by atoms with van der Waals surface area (Å²) in [5.74, 6) is -2.43. The van der Waals surface area contributed by atoms with Crippen molar-refractivity contribution in [2.24, 2.45) is 7.05 Å². The summed E-state index contributed by atoms with van der Waals surface area (Å²) in [6.45, 7) is 0.0172. The van der Waals surface area contributed by atoms with E-state index in [4.69, 9.17) is 5.11 Å². The topological polar surface area (TPSA) is 88.4 Å². The van der Waals surface area contributed by atoms with Gasteiger partial charge >= 0.3 is 5.97 Å². The van der Waals surface area contributed by atoms with Gasteiger partial charge in [0, 0.05) is 26.0 Å². The van der Waals surface area contributed by atoms with Crippen LogP contribution in [0.3, 0.4) is 0 Å². The number of halogens is 1. The Morgan fingerprint density at radius 3 is 2.62 bits per heavy atom. The van der Waals surface area contributed by atoms with Crippen molar-refractivity contribution in [3.63, 3.8) is 0 Å². The van der Waals surface area contributed by atoms with E-state index in [1.54, 1.807) is 30.1 Å². The molecule has 1 heterocycles. The number of hydrogen-bond donors (Lipinski definition) is 2. The van der Waals surface area contributed by atoms with E-state index >= 15 is 0 Å². The van der Waals surface area contributed by atoms with Gasteiger partial charge in [-0.25, -0.2) is 22.3 Å². The first-order chi connectivity index (χ1) is 9.79. The highest BCUT2D eigenvalue weighted by molar-refractivity contribution is 7.89. The first-order valence-electron chi connectivity index (χ1n) is 5.93. The Balaban J connectivity index is 2.21. The lowest BCUT2D eigenvalue weighted by molar-refractivity contribution is 0.0696. The van der Waals surface area contributed by atoms with E-state index in [9.17, 15) is 17.6 Å². The molecule has 0 saturated carbocycles. The molecule has 0 radical (unpaired) electrons. The molecular weight excluding hydrogens is 299 g/mol. The van der Waals surface area contributed by atoms with Crippen LogP contribution in [0.2, 0.25) is 0 Å². The number of aryl methyl sites for hydroxylation is 1. The molecule has 0 spiro atoms. The van der Waals surface area contributed by atoms with Gasteiger partial charge in [-0.05, 0) is 29.8 Å². The summed E-state index contributed by atoms with van der Waals surface area (Å²) in [5, 5.41) is 8.72. The van der Waals surface area contributed by atoms with Crippen LogP contribution in [0.1, 0.15) is 15.9 Å². The second kappa shape index (κ2) is 5.66. The zero-order chi connectivity index (χ0) is 15.6. The van der Waals surface area contributed by atoms with Gasteiger partial charge in [0.2, 0.25) is 10.0 Å². The van der Waals surface area contributed by atoms with E-state index in [1.165, 1.54) is 0 Å². The fourth-order valence-corrected chi connectivity index (χ4v) is 2.85. The zero-order valence-corrected chi connectivity index (χ0v) is 11.9. The number of aromatic carboxylic acids is 1. The van der Waals surface area contributed by atoms with Crippen LogP contribution in [0.15, 0.2) is 41.6 Å². The van der Waals surface area contributed by atoms with Crippen LogP contribution in [0.25, 0.3) is 0 Å². The molecule has 0 bridgehead atoms. The number of benzene rings is 1. The predicted molar refractivity (Wildman–Crippen MR) is 72.8 cm³/mol. The number of carboxylic acid groups (broad SMARTS) is 1. The first kappa shape index (κ1) is 15.2. The summed E-state index contributed by atoms with van der Waals surface area (Å²) >= 11 is 0. The van der Waals surface area contributed by atoms with Crippen molar-refractivity contribution in [3.05, 3.63) is 53.6 Å². The summed E-state index contributed by atoms with van der Waals surface area (Å²) in [4.78, 5) is 10.1. The van der Waals surface area contributed by atoms with E-state index in [-0.39, 0.29) is 12.1 Å². The van der Waals surface area contributed by atoms with Crippen LogP contribution < -0.4 is 4.72 Å². The molecule has 0 unspecified atom stereocenters. The van der Waals surface area contributed by atoms with Crippen LogP contribution >= 0.6 is 0 Å². The molecule has 0 atom stereocenters. The minimum absolute atomic E-state index is 0.0172. The van der Waals surface area contributed by atoms with E-state index in [2.05, 4.69) is 4.72 Å². The largest absolute Gasteiger partial charge is 0.478 e. The minimum Gasteiger partial charge on any atom is -0.478 e. The van der Waals surface area contributed by atoms with Gasteiger partial charge in [-0.3, -0.25) is 0 Å². The standard InChI is InChI=1S/C13H13FN2O4S/c1-16-5-4-9(8-16)7-15-21(19,20)12-3-2-10(13(17)18)6-11(12)14/h2-6,8,15H,7H2,1H3,(H,17,18). The Labute approximate surface area is 120 Å². The molecular formula is C13H13FN2O4S. The second-order valence-electron chi connectivity index (χ2n) is 4.46. The molecule has 21 heavy (non-hydrogen) atoms. The van der Waals surface area contributed by atoms with Gasteiger partial charge in [-0.2, -0.15) is 0 Å². The number of carbonyl (C=O) groups is 1. The molecule has 0 saturated heterocycles. The van der Waals surface area contributed by atoms with E-state index in [0.29, 0.717) is 6.07 Å². The monoisotopic (exact) mass is 312 g/mol. The highest BCUT2D eigenvalue weighted by Crippen LogP contribution is 2.16. The van der Waals surface area contributed by atoms with E-state index in [0.717, 1.165) is 17.7 Å². The van der Waals surface area contributed by atoms with Gasteiger partial charge in [-0.15, -0.1) is 0 Å². The molecule has 0 aliphatic heterocycles. The van der Waals surface area contributed by atoms with Gasteiger partial charge in [0.25, 0.3) is 0 Å². The van der Waals surface area contributed by atoms with Gasteiger partial charge < -0.3 is 9.67 Å². The first-order valence-corrected chi connectivity index (χ1v) is 7.41. The Morgan fingerprint density at radius 2 is 2.10 bits per heavy atom. The average molecular weight is 312 g/mol. The van der Waals surface area contributed by atoms with Crippen LogP contribution in [0.4, 0.5) is 4.39 Å². The summed E-state index contributed by atoms with van der Waals surface area (Å²) in [7, 11) is -2.26. The summed E-state index contributed by atoms with van der Waals surface area (Å²) in [5.41, 5.74) is 0.415. The van der Waals surface area contributed by atoms with Crippen molar-refractivity contribution in [3.8, 4) is 0 Å². The minimum atomic E-state index is -4.05. The SMILES string of the molecule is Cn1ccc(CNS(=O)(=O)c2ccc(C(=O)O)cc2F)c1. The van der Waals surface area contributed by atoms with Gasteiger partial charge in [-0.1, -0.05) is 0 Å². The van der Waals surface area contributed by atoms with E-state index in [1.807, 2.05) is 0 Å². The lowest BCUT2D eigenvalue weighted by Crippen LogP contribution is -2.24. The van der Waals surface area contributed by atoms with Crippen LogP contribution in [-0.4, -0.2) is 24.1 Å². The van der Waals surface area contributed by atoms with Crippen LogP contribution in [-0.2, 0) is 23.6 Å². The molecule has 2 rings (SSSR count). The maximum atomic E-state index is 13.7. The Bertz CT molecular complexity index is 783. The Morgan fingerprint density at radius 1 is 1.38 bits per heavy atom. The van der Waals surface area contributed by atoms with Gasteiger partial charge in [0.1, 0.15) is 10.7 Å². The molecule has 0 amide bonds. The van der Waals surface area contributed by atoms with Crippen molar-refractivity contribution in [1.82, 2.24) is 9.29 Å². The number of aromatic nitrogens is 1. The number of rotatable bonds is 5. The Hall–Kier alpha value is -2.19. The third-order valence-electron chi connectivity index (χ3n) is 2.83. The van der Waals surface area contributed by atoms with Crippen molar-refractivity contribution in [1.29, 1.82) is 0 Å². The Kier molecular flexibility index (Phi) is 4.10. The molecule has 112 valence electrons. The number of nitrogens with one attached hydrogen (secondary N) is 1. The number of sulfonamides is 1. The maximum absolute atomic E-state index is 13.7. The smallest absolute Gasteiger partial charge is 0.335 e. The third-order valence-corrected chi connectivity index (χ3v) is 4.26. The van der Waals surface area contributed by atoms with Gasteiger partial charge in [0.15, 0.2) is 0 Å². The molecule has 0 aliphatic carbocycles. The molecule has 1 aromatic heterocycles. The molecule has 2 N–H and O–H groups in total. The molecule has 1 aromatic carbocycles. The number of carboxylic acids is 1. The fraction of sp³-hybridized carbons (Fsp3) is 0.154. The van der Waals surface area contributed by atoms with Crippen molar-refractivity contribution in [2.75, 3.05) is 0 Å². The second-order valence-corrected chi connectivity index (χ2v) is 6.20. The van der Waals surface area contributed by atoms with Gasteiger partial charge in [0.05, 0.1) is 5.56 Å². The normalized spacial score (nSPS) is 11.5. The predicted octanol–water partition coefficient (Wildman–Crippen LogP) is 1.34. The quantitative estimate of drug-likeness (QED) is 0.872. The fourth-order valence-electron chi connectivity index (χ4n) is 1.77. The van der Waals surface area contributed by atoms with Crippen LogP contribution in [0, 0.1) is 5.82 Å². The highest BCUT2D eigenvalue weighted by atomic mass is 32.2. The third kappa shape index (κ3) is 3.47. The molecule has 6 nitrogen and oxygen atoms in total. The average Bonchev–Trinajstić information content (AvgIpc) is 2.82. The molecule has 2 aromatic rings. The molecule has 0 fully saturated rings. The highest BCUT2D eigenvalue weighted by Gasteiger charge is 2.20. The van der Waals surface area contributed by atoms with Crippen molar-refractivity contribution >= 4 is 16.0 Å². The van der Waals surface area contributed by atoms with E-state index < -0.39 is 26.7 Å². The summed E-state index contributed by atoms with van der Waals surface area (Å²) in [6, 6.07) is 4.39. The lowest BCUT2D eigenvalue weighted by atomic mass is 10.2. The molecule has 8 heteroatoms. The lowest BCUT2D eigenvalue weighted by Gasteiger charge is -2.07. The summed E-state index contributed by atoms with van der Waals surface area (Å²) in [6.07, 6.45) is 3.48. The van der Waals surface area contributed by atoms with Crippen molar-refractivity contribution in [2.45, 2.75) is 11.4 Å². The maximum Gasteiger partial charge on any atom is 0.335 e. The van der Waals surface area contributed by atoms with Crippen molar-refractivity contribution < 1.29 is 22.7 Å². The number of hydrogen-bond acceptors (Lipinski definition) is 3. The number of nitrogens with zero attached hydrogens (tertiary/aromatic N) is 1. The molecule has 0 aliphatic rings. The summed E-state index contributed by atoms with van der Waals surface area (Å²) < 4.78 is 41.8.